The Bertz CT molecular complexity index is 1500. The number of nitrogens with one attached hydrogen (secondary N) is 1. The summed E-state index contributed by atoms with van der Waals surface area (Å²) in [5, 5.41) is 7.99. The van der Waals surface area contributed by atoms with E-state index in [1.54, 1.807) is 36.5 Å². The molecule has 2 fully saturated rings. The van der Waals surface area contributed by atoms with Crippen molar-refractivity contribution in [2.24, 2.45) is 0 Å². The van der Waals surface area contributed by atoms with Gasteiger partial charge >= 0.3 is 6.55 Å². The molecule has 2 saturated heterocycles. The van der Waals surface area contributed by atoms with Gasteiger partial charge in [-0.05, 0) is 44.0 Å². The molecule has 11 heteroatoms. The van der Waals surface area contributed by atoms with Crippen LogP contribution in [-0.4, -0.2) is 52.3 Å². The van der Waals surface area contributed by atoms with Crippen LogP contribution >= 0.6 is 0 Å². The van der Waals surface area contributed by atoms with Crippen molar-refractivity contribution in [1.29, 1.82) is 0 Å². The zero-order chi connectivity index (χ0) is 24.3. The molecule has 0 aliphatic carbocycles. The molecule has 2 bridgehead atoms. The molecule has 0 saturated carbocycles. The summed E-state index contributed by atoms with van der Waals surface area (Å²) < 4.78 is 56.0. The molecular weight excluding hydrogens is 474 g/mol. The second-order valence-electron chi connectivity index (χ2n) is 9.21. The van der Waals surface area contributed by atoms with Crippen LogP contribution in [0.4, 0.5) is 14.5 Å². The van der Waals surface area contributed by atoms with E-state index < -0.39 is 16.6 Å². The smallest absolute Gasteiger partial charge is 0.333 e. The first kappa shape index (κ1) is 22.2. The molecule has 1 aromatic carbocycles. The van der Waals surface area contributed by atoms with Crippen molar-refractivity contribution < 1.29 is 17.2 Å². The first-order valence-corrected chi connectivity index (χ1v) is 12.9. The molecule has 2 aliphatic heterocycles. The van der Waals surface area contributed by atoms with Gasteiger partial charge in [0.05, 0.1) is 16.8 Å². The quantitative estimate of drug-likeness (QED) is 0.451. The van der Waals surface area contributed by atoms with Crippen molar-refractivity contribution in [3.8, 4) is 11.3 Å². The molecule has 182 valence electrons. The molecule has 1 N–H and O–H groups in total. The largest absolute Gasteiger partial charge is 0.368 e. The van der Waals surface area contributed by atoms with E-state index >= 15 is 0 Å². The lowest BCUT2D eigenvalue weighted by Crippen LogP contribution is -2.51. The van der Waals surface area contributed by atoms with Gasteiger partial charge in [0, 0.05) is 54.2 Å². The van der Waals surface area contributed by atoms with E-state index in [9.17, 15) is 17.2 Å². The van der Waals surface area contributed by atoms with Crippen LogP contribution in [0.3, 0.4) is 0 Å². The Kier molecular flexibility index (Phi) is 5.15. The summed E-state index contributed by atoms with van der Waals surface area (Å²) >= 11 is 0. The van der Waals surface area contributed by atoms with Crippen molar-refractivity contribution in [1.82, 2.24) is 24.1 Å². The monoisotopic (exact) mass is 498 g/mol. The van der Waals surface area contributed by atoms with Crippen LogP contribution in [0.5, 0.6) is 0 Å². The minimum absolute atomic E-state index is 0.0931. The van der Waals surface area contributed by atoms with Crippen LogP contribution in [-0.2, 0) is 10.0 Å². The van der Waals surface area contributed by atoms with Crippen LogP contribution in [0.25, 0.3) is 22.3 Å². The Labute approximate surface area is 201 Å². The number of aryl methyl sites for hydroxylation is 1. The molecule has 0 radical (unpaired) electrons. The van der Waals surface area contributed by atoms with Crippen molar-refractivity contribution in [2.75, 3.05) is 18.0 Å². The maximum absolute atomic E-state index is 13.9. The topological polar surface area (TPSA) is 85.0 Å². The average Bonchev–Trinajstić information content (AvgIpc) is 3.55. The zero-order valence-corrected chi connectivity index (χ0v) is 19.8. The first-order chi connectivity index (χ1) is 16.8. The Morgan fingerprint density at radius 3 is 2.46 bits per heavy atom. The number of nitrogens with zero attached hydrogens (tertiary/aromatic N) is 5. The molecule has 5 heterocycles. The molecule has 2 aliphatic rings. The van der Waals surface area contributed by atoms with E-state index in [2.05, 4.69) is 20.3 Å². The molecule has 0 amide bonds. The minimum Gasteiger partial charge on any atom is -0.368 e. The highest BCUT2D eigenvalue weighted by molar-refractivity contribution is 7.90. The lowest BCUT2D eigenvalue weighted by atomic mass is 10.1. The van der Waals surface area contributed by atoms with Gasteiger partial charge in [-0.15, -0.1) is 0 Å². The van der Waals surface area contributed by atoms with Gasteiger partial charge in [-0.2, -0.15) is 13.9 Å². The standard InChI is InChI=1S/C24H24F2N6O2S/c1-15-2-6-19(7-3-15)35(33,34)32-22(16-11-28-31(12-16)24(25)26)10-20-21(8-9-27-23(20)32)30-13-17-4-5-18(14-30)29-17/h2-3,6-12,17-18,24,29H,4-5,13-14H2,1H3. The molecular formula is C24H24F2N6O2S. The van der Waals surface area contributed by atoms with Crippen molar-refractivity contribution in [3.05, 3.63) is 60.6 Å². The highest BCUT2D eigenvalue weighted by Gasteiger charge is 2.34. The number of benzene rings is 1. The summed E-state index contributed by atoms with van der Waals surface area (Å²) in [5.41, 5.74) is 2.58. The van der Waals surface area contributed by atoms with Gasteiger partial charge in [0.1, 0.15) is 0 Å². The van der Waals surface area contributed by atoms with Crippen LogP contribution < -0.4 is 10.2 Å². The van der Waals surface area contributed by atoms with Gasteiger partial charge in [-0.3, -0.25) is 0 Å². The lowest BCUT2D eigenvalue weighted by molar-refractivity contribution is 0.0566. The highest BCUT2D eigenvalue weighted by Crippen LogP contribution is 2.37. The van der Waals surface area contributed by atoms with Crippen LogP contribution in [0.15, 0.2) is 59.9 Å². The number of aromatic nitrogens is 4. The summed E-state index contributed by atoms with van der Waals surface area (Å²) in [4.78, 5) is 6.81. The van der Waals surface area contributed by atoms with Gasteiger partial charge in [0.15, 0.2) is 5.65 Å². The Balaban J connectivity index is 1.57. The number of piperazine rings is 1. The fourth-order valence-corrected chi connectivity index (χ4v) is 6.65. The summed E-state index contributed by atoms with van der Waals surface area (Å²) in [7, 11) is -4.09. The first-order valence-electron chi connectivity index (χ1n) is 11.5. The average molecular weight is 499 g/mol. The predicted octanol–water partition coefficient (Wildman–Crippen LogP) is 3.78. The summed E-state index contributed by atoms with van der Waals surface area (Å²) in [5.74, 6) is 0. The van der Waals surface area contributed by atoms with Crippen molar-refractivity contribution in [2.45, 2.75) is 43.3 Å². The third kappa shape index (κ3) is 3.69. The number of hydrogen-bond acceptors (Lipinski definition) is 6. The number of hydrogen-bond donors (Lipinski definition) is 1. The van der Waals surface area contributed by atoms with E-state index in [0.29, 0.717) is 22.2 Å². The van der Waals surface area contributed by atoms with E-state index in [1.165, 1.54) is 6.20 Å². The molecule has 35 heavy (non-hydrogen) atoms. The second-order valence-corrected chi connectivity index (χ2v) is 11.0. The Morgan fingerprint density at radius 1 is 1.09 bits per heavy atom. The zero-order valence-electron chi connectivity index (χ0n) is 19.0. The minimum atomic E-state index is -4.09. The normalized spacial score (nSPS) is 20.3. The molecule has 2 unspecified atom stereocenters. The summed E-state index contributed by atoms with van der Waals surface area (Å²) in [6, 6.07) is 10.9. The lowest BCUT2D eigenvalue weighted by Gasteiger charge is -2.34. The van der Waals surface area contributed by atoms with Gasteiger partial charge in [-0.1, -0.05) is 17.7 Å². The van der Waals surface area contributed by atoms with Gasteiger partial charge in [-0.25, -0.2) is 22.1 Å². The van der Waals surface area contributed by atoms with E-state index in [1.807, 2.05) is 13.0 Å². The molecule has 2 atom stereocenters. The Morgan fingerprint density at radius 2 is 1.80 bits per heavy atom. The number of alkyl halides is 2. The molecule has 4 aromatic rings. The molecule has 0 spiro atoms. The fraction of sp³-hybridized carbons (Fsp3) is 0.333. The molecule has 6 rings (SSSR count). The molecule has 3 aromatic heterocycles. The van der Waals surface area contributed by atoms with Crippen molar-refractivity contribution in [3.63, 3.8) is 0 Å². The maximum Gasteiger partial charge on any atom is 0.333 e. The number of rotatable bonds is 5. The third-order valence-electron chi connectivity index (χ3n) is 6.85. The number of pyridine rings is 1. The maximum atomic E-state index is 13.9. The fourth-order valence-electron chi connectivity index (χ4n) is 5.17. The summed E-state index contributed by atoms with van der Waals surface area (Å²) in [6.07, 6.45) is 6.23. The number of anilines is 1. The number of halogens is 2. The number of fused-ring (bicyclic) bond motifs is 3. The van der Waals surface area contributed by atoms with E-state index in [-0.39, 0.29) is 21.8 Å². The van der Waals surface area contributed by atoms with E-state index in [4.69, 9.17) is 0 Å². The van der Waals surface area contributed by atoms with Gasteiger partial charge in [0.25, 0.3) is 10.0 Å². The summed E-state index contributed by atoms with van der Waals surface area (Å²) in [6.45, 7) is 0.661. The third-order valence-corrected chi connectivity index (χ3v) is 8.57. The van der Waals surface area contributed by atoms with Crippen LogP contribution in [0, 0.1) is 6.92 Å². The van der Waals surface area contributed by atoms with Crippen LogP contribution in [0.2, 0.25) is 0 Å². The van der Waals surface area contributed by atoms with Crippen molar-refractivity contribution >= 4 is 26.7 Å². The Hall–Kier alpha value is -3.31. The van der Waals surface area contributed by atoms with Gasteiger partial charge in [0.2, 0.25) is 0 Å². The van der Waals surface area contributed by atoms with Crippen LogP contribution in [0.1, 0.15) is 25.0 Å². The van der Waals surface area contributed by atoms with E-state index in [0.717, 1.165) is 47.4 Å². The SMILES string of the molecule is Cc1ccc(S(=O)(=O)n2c(-c3cnn(C(F)F)c3)cc3c(N4CC5CCC(C4)N5)ccnc32)cc1. The molecule has 8 nitrogen and oxygen atoms in total. The van der Waals surface area contributed by atoms with Gasteiger partial charge < -0.3 is 10.2 Å². The highest BCUT2D eigenvalue weighted by atomic mass is 32.2. The predicted molar refractivity (Wildman–Crippen MR) is 128 cm³/mol. The second kappa shape index (κ2) is 8.13.